The van der Waals surface area contributed by atoms with Crippen LogP contribution in [0.5, 0.6) is 0 Å². The summed E-state index contributed by atoms with van der Waals surface area (Å²) in [5.74, 6) is 0. The molecule has 0 amide bonds. The molecule has 1 aliphatic rings. The monoisotopic (exact) mass is 279 g/mol. The summed E-state index contributed by atoms with van der Waals surface area (Å²) in [6, 6.07) is 10.4. The minimum Gasteiger partial charge on any atom is -0.394 e. The molecule has 1 aromatic carbocycles. The number of hydrogen-bond acceptors (Lipinski definition) is 4. The van der Waals surface area contributed by atoms with Gasteiger partial charge in [-0.1, -0.05) is 30.3 Å². The van der Waals surface area contributed by atoms with Gasteiger partial charge in [0, 0.05) is 12.6 Å². The molecule has 1 saturated heterocycles. The largest absolute Gasteiger partial charge is 0.394 e. The Morgan fingerprint density at radius 2 is 2.05 bits per heavy atom. The molecule has 0 aromatic heterocycles. The van der Waals surface area contributed by atoms with E-state index in [0.717, 1.165) is 12.0 Å². The van der Waals surface area contributed by atoms with Gasteiger partial charge in [0.25, 0.3) is 0 Å². The highest BCUT2D eigenvalue weighted by molar-refractivity contribution is 5.25. The van der Waals surface area contributed by atoms with Gasteiger partial charge in [-0.2, -0.15) is 0 Å². The van der Waals surface area contributed by atoms with E-state index in [1.165, 1.54) is 0 Å². The molecule has 0 radical (unpaired) electrons. The van der Waals surface area contributed by atoms with Gasteiger partial charge in [0.1, 0.15) is 6.10 Å². The quantitative estimate of drug-likeness (QED) is 0.760. The highest BCUT2D eigenvalue weighted by Crippen LogP contribution is 2.26. The molecule has 20 heavy (non-hydrogen) atoms. The predicted molar refractivity (Wildman–Crippen MR) is 78.7 cm³/mol. The van der Waals surface area contributed by atoms with Gasteiger partial charge in [-0.15, -0.1) is 0 Å². The lowest BCUT2D eigenvalue weighted by Gasteiger charge is -2.36. The summed E-state index contributed by atoms with van der Waals surface area (Å²) in [5, 5.41) is 13.5. The molecule has 0 bridgehead atoms. The molecule has 2 rings (SSSR count). The molecule has 2 N–H and O–H groups in total. The highest BCUT2D eigenvalue weighted by atomic mass is 16.6. The van der Waals surface area contributed by atoms with E-state index in [9.17, 15) is 5.11 Å². The van der Waals surface area contributed by atoms with E-state index in [2.05, 4.69) is 31.3 Å². The summed E-state index contributed by atoms with van der Waals surface area (Å²) in [6.07, 6.45) is 0.962. The summed E-state index contributed by atoms with van der Waals surface area (Å²) in [7, 11) is 0. The lowest BCUT2D eigenvalue weighted by molar-refractivity contribution is -0.133. The number of hydrogen-bond donors (Lipinski definition) is 2. The average Bonchev–Trinajstić information content (AvgIpc) is 2.41. The molecule has 112 valence electrons. The molecule has 1 aliphatic heterocycles. The van der Waals surface area contributed by atoms with Crippen LogP contribution in [0.2, 0.25) is 0 Å². The summed E-state index contributed by atoms with van der Waals surface area (Å²) < 4.78 is 10.9. The predicted octanol–water partition coefficient (Wildman–Crippen LogP) is 1.68. The standard InChI is InChI=1S/C16H25NO3/c1-13(2)17-16(12-18,14-6-4-3-5-7-14)8-9-20-15-10-19-11-15/h3-7,13,15,17-18H,8-12H2,1-2H3. The van der Waals surface area contributed by atoms with Gasteiger partial charge in [-0.25, -0.2) is 0 Å². The lowest BCUT2D eigenvalue weighted by Crippen LogP contribution is -2.50. The number of ether oxygens (including phenoxy) is 2. The summed E-state index contributed by atoms with van der Waals surface area (Å²) in [6.45, 7) is 6.23. The Kier molecular flexibility index (Phi) is 5.54. The van der Waals surface area contributed by atoms with E-state index in [-0.39, 0.29) is 18.8 Å². The fraction of sp³-hybridized carbons (Fsp3) is 0.625. The average molecular weight is 279 g/mol. The molecule has 1 aromatic rings. The molecule has 1 heterocycles. The van der Waals surface area contributed by atoms with Crippen molar-refractivity contribution in [2.75, 3.05) is 26.4 Å². The van der Waals surface area contributed by atoms with Crippen LogP contribution in [0.3, 0.4) is 0 Å². The van der Waals surface area contributed by atoms with E-state index in [1.807, 2.05) is 18.2 Å². The smallest absolute Gasteiger partial charge is 0.104 e. The normalized spacial score (nSPS) is 18.8. The van der Waals surface area contributed by atoms with E-state index < -0.39 is 5.54 Å². The van der Waals surface area contributed by atoms with E-state index in [4.69, 9.17) is 9.47 Å². The Bertz CT molecular complexity index is 392. The van der Waals surface area contributed by atoms with Gasteiger partial charge < -0.3 is 19.9 Å². The highest BCUT2D eigenvalue weighted by Gasteiger charge is 2.32. The second-order valence-electron chi connectivity index (χ2n) is 5.69. The van der Waals surface area contributed by atoms with Crippen LogP contribution in [-0.4, -0.2) is 43.7 Å². The third kappa shape index (κ3) is 3.79. The topological polar surface area (TPSA) is 50.7 Å². The molecule has 4 nitrogen and oxygen atoms in total. The van der Waals surface area contributed by atoms with Crippen molar-refractivity contribution in [3.8, 4) is 0 Å². The molecule has 1 unspecified atom stereocenters. The summed E-state index contributed by atoms with van der Waals surface area (Å²) in [4.78, 5) is 0. The van der Waals surface area contributed by atoms with Crippen LogP contribution in [0, 0.1) is 0 Å². The fourth-order valence-corrected chi connectivity index (χ4v) is 2.54. The van der Waals surface area contributed by atoms with Gasteiger partial charge >= 0.3 is 0 Å². The first-order chi connectivity index (χ1) is 9.66. The Morgan fingerprint density at radius 1 is 1.35 bits per heavy atom. The van der Waals surface area contributed by atoms with Gasteiger partial charge in [0.05, 0.1) is 25.4 Å². The van der Waals surface area contributed by atoms with Crippen molar-refractivity contribution in [2.24, 2.45) is 0 Å². The number of rotatable bonds is 8. The maximum atomic E-state index is 9.97. The van der Waals surface area contributed by atoms with Crippen LogP contribution in [0.4, 0.5) is 0 Å². The zero-order valence-electron chi connectivity index (χ0n) is 12.3. The van der Waals surface area contributed by atoms with Gasteiger partial charge in [0.15, 0.2) is 0 Å². The van der Waals surface area contributed by atoms with Gasteiger partial charge in [0.2, 0.25) is 0 Å². The zero-order valence-corrected chi connectivity index (χ0v) is 12.3. The molecule has 1 fully saturated rings. The number of nitrogens with one attached hydrogen (secondary N) is 1. The Labute approximate surface area is 121 Å². The molecule has 1 atom stereocenters. The van der Waals surface area contributed by atoms with Crippen molar-refractivity contribution in [3.63, 3.8) is 0 Å². The van der Waals surface area contributed by atoms with E-state index >= 15 is 0 Å². The van der Waals surface area contributed by atoms with Crippen molar-refractivity contribution in [2.45, 2.75) is 38.0 Å². The maximum Gasteiger partial charge on any atom is 0.104 e. The van der Waals surface area contributed by atoms with Crippen molar-refractivity contribution in [3.05, 3.63) is 35.9 Å². The Hall–Kier alpha value is -0.940. The van der Waals surface area contributed by atoms with Crippen molar-refractivity contribution in [1.29, 1.82) is 0 Å². The number of aliphatic hydroxyl groups is 1. The first-order valence-corrected chi connectivity index (χ1v) is 7.30. The van der Waals surface area contributed by atoms with Crippen LogP contribution in [0.1, 0.15) is 25.8 Å². The lowest BCUT2D eigenvalue weighted by atomic mass is 9.86. The second kappa shape index (κ2) is 7.18. The van der Waals surface area contributed by atoms with Crippen LogP contribution in [0.15, 0.2) is 30.3 Å². The SMILES string of the molecule is CC(C)NC(CO)(CCOC1COC1)c1ccccc1. The molecule has 4 heteroatoms. The zero-order chi connectivity index (χ0) is 14.4. The molecular formula is C16H25NO3. The minimum absolute atomic E-state index is 0.0553. The number of benzene rings is 1. The third-order valence-electron chi connectivity index (χ3n) is 3.65. The second-order valence-corrected chi connectivity index (χ2v) is 5.69. The summed E-state index contributed by atoms with van der Waals surface area (Å²) >= 11 is 0. The van der Waals surface area contributed by atoms with E-state index in [1.54, 1.807) is 0 Å². The Balaban J connectivity index is 2.05. The van der Waals surface area contributed by atoms with Crippen LogP contribution in [0.25, 0.3) is 0 Å². The molecule has 0 saturated carbocycles. The molecule has 0 aliphatic carbocycles. The van der Waals surface area contributed by atoms with Crippen LogP contribution < -0.4 is 5.32 Å². The maximum absolute atomic E-state index is 9.97. The summed E-state index contributed by atoms with van der Waals surface area (Å²) in [5.41, 5.74) is 0.657. The van der Waals surface area contributed by atoms with Gasteiger partial charge in [-0.05, 0) is 25.8 Å². The van der Waals surface area contributed by atoms with Crippen LogP contribution in [-0.2, 0) is 15.0 Å². The molecular weight excluding hydrogens is 254 g/mol. The minimum atomic E-state index is -0.444. The third-order valence-corrected chi connectivity index (χ3v) is 3.65. The first-order valence-electron chi connectivity index (χ1n) is 7.30. The van der Waals surface area contributed by atoms with Gasteiger partial charge in [-0.3, -0.25) is 0 Å². The van der Waals surface area contributed by atoms with E-state index in [0.29, 0.717) is 19.8 Å². The van der Waals surface area contributed by atoms with Crippen molar-refractivity contribution < 1.29 is 14.6 Å². The van der Waals surface area contributed by atoms with Crippen molar-refractivity contribution in [1.82, 2.24) is 5.32 Å². The first kappa shape index (κ1) is 15.4. The van der Waals surface area contributed by atoms with Crippen molar-refractivity contribution >= 4 is 0 Å². The Morgan fingerprint density at radius 3 is 2.55 bits per heavy atom. The number of aliphatic hydroxyl groups excluding tert-OH is 1. The fourth-order valence-electron chi connectivity index (χ4n) is 2.54. The van der Waals surface area contributed by atoms with Crippen LogP contribution >= 0.6 is 0 Å². The molecule has 0 spiro atoms.